The van der Waals surface area contributed by atoms with Crippen LogP contribution in [0.25, 0.3) is 0 Å². The SMILES string of the molecule is COc1ccccc1C=NNC(=O)C(=O)Nc1ccc(C#N)cc1. The van der Waals surface area contributed by atoms with E-state index in [1.54, 1.807) is 24.3 Å². The number of anilines is 1. The van der Waals surface area contributed by atoms with Crippen molar-refractivity contribution < 1.29 is 14.3 Å². The van der Waals surface area contributed by atoms with E-state index in [0.29, 0.717) is 22.6 Å². The van der Waals surface area contributed by atoms with Gasteiger partial charge in [0.2, 0.25) is 0 Å². The molecule has 7 nitrogen and oxygen atoms in total. The van der Waals surface area contributed by atoms with Gasteiger partial charge in [0.15, 0.2) is 0 Å². The van der Waals surface area contributed by atoms with E-state index in [1.807, 2.05) is 6.07 Å². The molecule has 0 aromatic heterocycles. The molecule has 0 aliphatic carbocycles. The first-order chi connectivity index (χ1) is 11.6. The molecule has 0 unspecified atom stereocenters. The number of ether oxygens (including phenoxy) is 1. The number of carbonyl (C=O) groups is 2. The maximum Gasteiger partial charge on any atom is 0.329 e. The number of benzene rings is 2. The fourth-order valence-electron chi connectivity index (χ4n) is 1.80. The van der Waals surface area contributed by atoms with Crippen molar-refractivity contribution in [1.29, 1.82) is 5.26 Å². The highest BCUT2D eigenvalue weighted by atomic mass is 16.5. The smallest absolute Gasteiger partial charge is 0.329 e. The minimum atomic E-state index is -0.912. The summed E-state index contributed by atoms with van der Waals surface area (Å²) < 4.78 is 5.14. The molecule has 0 aliphatic rings. The van der Waals surface area contributed by atoms with Crippen molar-refractivity contribution in [2.75, 3.05) is 12.4 Å². The van der Waals surface area contributed by atoms with Crippen LogP contribution in [-0.2, 0) is 9.59 Å². The van der Waals surface area contributed by atoms with E-state index < -0.39 is 11.8 Å². The van der Waals surface area contributed by atoms with Gasteiger partial charge in [0.25, 0.3) is 0 Å². The summed E-state index contributed by atoms with van der Waals surface area (Å²) in [6, 6.07) is 15.2. The van der Waals surface area contributed by atoms with Gasteiger partial charge in [-0.3, -0.25) is 9.59 Å². The molecule has 0 spiro atoms. The molecule has 0 fully saturated rings. The molecule has 0 heterocycles. The van der Waals surface area contributed by atoms with Gasteiger partial charge in [-0.25, -0.2) is 5.43 Å². The number of carbonyl (C=O) groups excluding carboxylic acids is 2. The molecule has 24 heavy (non-hydrogen) atoms. The zero-order valence-corrected chi connectivity index (χ0v) is 12.8. The van der Waals surface area contributed by atoms with Crippen LogP contribution in [0.5, 0.6) is 5.75 Å². The zero-order valence-electron chi connectivity index (χ0n) is 12.8. The molecule has 0 aliphatic heterocycles. The molecule has 2 N–H and O–H groups in total. The lowest BCUT2D eigenvalue weighted by atomic mass is 10.2. The maximum atomic E-state index is 11.7. The first kappa shape index (κ1) is 16.7. The topological polar surface area (TPSA) is 104 Å². The molecule has 0 saturated carbocycles. The lowest BCUT2D eigenvalue weighted by molar-refractivity contribution is -0.136. The normalized spacial score (nSPS) is 10.0. The fraction of sp³-hybridized carbons (Fsp3) is 0.0588. The van der Waals surface area contributed by atoms with Crippen molar-refractivity contribution in [1.82, 2.24) is 5.43 Å². The number of hydrazone groups is 1. The Morgan fingerprint density at radius 3 is 2.50 bits per heavy atom. The molecule has 0 radical (unpaired) electrons. The second-order valence-corrected chi connectivity index (χ2v) is 4.58. The summed E-state index contributed by atoms with van der Waals surface area (Å²) in [6.45, 7) is 0. The van der Waals surface area contributed by atoms with E-state index in [-0.39, 0.29) is 0 Å². The monoisotopic (exact) mass is 322 g/mol. The first-order valence-corrected chi connectivity index (χ1v) is 6.91. The summed E-state index contributed by atoms with van der Waals surface area (Å²) in [6.07, 6.45) is 1.38. The molecule has 2 rings (SSSR count). The Morgan fingerprint density at radius 1 is 1.12 bits per heavy atom. The van der Waals surface area contributed by atoms with Gasteiger partial charge in [0.05, 0.1) is 25.0 Å². The summed E-state index contributed by atoms with van der Waals surface area (Å²) in [5, 5.41) is 14.8. The minimum absolute atomic E-state index is 0.405. The van der Waals surface area contributed by atoms with Crippen molar-refractivity contribution in [2.24, 2.45) is 5.10 Å². The van der Waals surface area contributed by atoms with Gasteiger partial charge in [0.1, 0.15) is 5.75 Å². The van der Waals surface area contributed by atoms with Crippen LogP contribution in [-0.4, -0.2) is 25.1 Å². The number of hydrogen-bond acceptors (Lipinski definition) is 5. The number of rotatable bonds is 4. The number of nitriles is 1. The Morgan fingerprint density at radius 2 is 1.83 bits per heavy atom. The number of para-hydroxylation sites is 1. The van der Waals surface area contributed by atoms with Gasteiger partial charge in [-0.05, 0) is 36.4 Å². The van der Waals surface area contributed by atoms with Crippen LogP contribution in [0.1, 0.15) is 11.1 Å². The number of hydrogen-bond donors (Lipinski definition) is 2. The largest absolute Gasteiger partial charge is 0.496 e. The van der Waals surface area contributed by atoms with E-state index in [2.05, 4.69) is 15.8 Å². The third kappa shape index (κ3) is 4.42. The maximum absolute atomic E-state index is 11.7. The summed E-state index contributed by atoms with van der Waals surface area (Å²) in [5.74, 6) is -1.18. The molecule has 0 atom stereocenters. The Bertz CT molecular complexity index is 807. The molecule has 2 aromatic carbocycles. The second kappa shape index (κ2) is 8.10. The van der Waals surface area contributed by atoms with Crippen LogP contribution in [0, 0.1) is 11.3 Å². The van der Waals surface area contributed by atoms with Crippen molar-refractivity contribution in [3.8, 4) is 11.8 Å². The molecule has 0 saturated heterocycles. The van der Waals surface area contributed by atoms with Crippen molar-refractivity contribution in [3.63, 3.8) is 0 Å². The van der Waals surface area contributed by atoms with E-state index in [4.69, 9.17) is 10.00 Å². The Labute approximate surface area is 138 Å². The highest BCUT2D eigenvalue weighted by Crippen LogP contribution is 2.14. The minimum Gasteiger partial charge on any atom is -0.496 e. The summed E-state index contributed by atoms with van der Waals surface area (Å²) in [4.78, 5) is 23.4. The molecule has 0 bridgehead atoms. The number of nitrogens with one attached hydrogen (secondary N) is 2. The zero-order chi connectivity index (χ0) is 17.4. The average molecular weight is 322 g/mol. The van der Waals surface area contributed by atoms with Crippen LogP contribution in [0.3, 0.4) is 0 Å². The Kier molecular flexibility index (Phi) is 5.64. The van der Waals surface area contributed by atoms with Gasteiger partial charge in [0, 0.05) is 11.3 Å². The van der Waals surface area contributed by atoms with Crippen LogP contribution < -0.4 is 15.5 Å². The molecular weight excluding hydrogens is 308 g/mol. The third-order valence-corrected chi connectivity index (χ3v) is 2.99. The van der Waals surface area contributed by atoms with Gasteiger partial charge in [-0.1, -0.05) is 12.1 Å². The van der Waals surface area contributed by atoms with Crippen LogP contribution in [0.2, 0.25) is 0 Å². The summed E-state index contributed by atoms with van der Waals surface area (Å²) in [7, 11) is 1.52. The molecular formula is C17H14N4O3. The number of nitrogens with zero attached hydrogens (tertiary/aromatic N) is 2. The second-order valence-electron chi connectivity index (χ2n) is 4.58. The van der Waals surface area contributed by atoms with Crippen molar-refractivity contribution >= 4 is 23.7 Å². The Hall–Kier alpha value is -3.66. The number of methoxy groups -OCH3 is 1. The predicted molar refractivity (Wildman–Crippen MR) is 88.5 cm³/mol. The van der Waals surface area contributed by atoms with Gasteiger partial charge >= 0.3 is 11.8 Å². The van der Waals surface area contributed by atoms with Crippen molar-refractivity contribution in [3.05, 3.63) is 59.7 Å². The van der Waals surface area contributed by atoms with Crippen LogP contribution in [0.15, 0.2) is 53.6 Å². The summed E-state index contributed by atoms with van der Waals surface area (Å²) >= 11 is 0. The highest BCUT2D eigenvalue weighted by Gasteiger charge is 2.12. The average Bonchev–Trinajstić information content (AvgIpc) is 2.62. The Balaban J connectivity index is 1.92. The number of amides is 2. The van der Waals surface area contributed by atoms with Gasteiger partial charge in [-0.2, -0.15) is 10.4 Å². The van der Waals surface area contributed by atoms with E-state index in [9.17, 15) is 9.59 Å². The van der Waals surface area contributed by atoms with Crippen molar-refractivity contribution in [2.45, 2.75) is 0 Å². The lowest BCUT2D eigenvalue weighted by Crippen LogP contribution is -2.32. The molecule has 7 heteroatoms. The molecule has 2 aromatic rings. The quantitative estimate of drug-likeness (QED) is 0.507. The fourth-order valence-corrected chi connectivity index (χ4v) is 1.80. The van der Waals surface area contributed by atoms with E-state index in [1.165, 1.54) is 37.6 Å². The summed E-state index contributed by atoms with van der Waals surface area (Å²) in [5.41, 5.74) is 3.66. The van der Waals surface area contributed by atoms with E-state index >= 15 is 0 Å². The van der Waals surface area contributed by atoms with Crippen LogP contribution >= 0.6 is 0 Å². The third-order valence-electron chi connectivity index (χ3n) is 2.99. The predicted octanol–water partition coefficient (Wildman–Crippen LogP) is 1.66. The molecule has 2 amide bonds. The highest BCUT2D eigenvalue weighted by molar-refractivity contribution is 6.39. The lowest BCUT2D eigenvalue weighted by Gasteiger charge is -2.04. The van der Waals surface area contributed by atoms with Crippen LogP contribution in [0.4, 0.5) is 5.69 Å². The molecule has 120 valence electrons. The van der Waals surface area contributed by atoms with Gasteiger partial charge < -0.3 is 10.1 Å². The first-order valence-electron chi connectivity index (χ1n) is 6.91. The van der Waals surface area contributed by atoms with E-state index in [0.717, 1.165) is 0 Å². The van der Waals surface area contributed by atoms with Gasteiger partial charge in [-0.15, -0.1) is 0 Å². The standard InChI is InChI=1S/C17H14N4O3/c1-24-15-5-3-2-4-13(15)11-19-21-17(23)16(22)20-14-8-6-12(10-18)7-9-14/h2-9,11H,1H3,(H,20,22)(H,21,23).